The Hall–Kier alpha value is -1.26. The number of aliphatic hydroxyl groups is 1. The molecule has 2 N–H and O–H groups in total. The molecule has 2 fully saturated rings. The predicted molar refractivity (Wildman–Crippen MR) is 81.8 cm³/mol. The molecule has 1 saturated heterocycles. The van der Waals surface area contributed by atoms with E-state index in [0.717, 1.165) is 43.7 Å². The molecule has 1 aromatic carbocycles. The fourth-order valence-corrected chi connectivity index (χ4v) is 4.02. The second-order valence-corrected chi connectivity index (χ2v) is 6.25. The van der Waals surface area contributed by atoms with E-state index >= 15 is 0 Å². The zero-order chi connectivity index (χ0) is 14.9. The van der Waals surface area contributed by atoms with Crippen LogP contribution in [0.3, 0.4) is 0 Å². The molecule has 4 heteroatoms. The van der Waals surface area contributed by atoms with Gasteiger partial charge in [0.05, 0.1) is 19.8 Å². The van der Waals surface area contributed by atoms with Crippen LogP contribution in [0.4, 0.5) is 0 Å². The predicted octanol–water partition coefficient (Wildman–Crippen LogP) is 2.66. The minimum absolute atomic E-state index is 0.198. The third-order valence-electron chi connectivity index (χ3n) is 5.16. The normalized spacial score (nSPS) is 32.3. The summed E-state index contributed by atoms with van der Waals surface area (Å²) in [6.07, 6.45) is 5.23. The van der Waals surface area contributed by atoms with E-state index in [1.807, 2.05) is 12.1 Å². The molecular formula is C17H25NO3. The molecule has 0 radical (unpaired) electrons. The standard InChI is InChI=1S/C17H25NO3/c1-20-14-7-6-12(11-15(14)21-2)16-13-5-3-4-8-17(13,19)9-10-18-16/h6-7,11,13,16,18-19H,3-5,8-10H2,1-2H3/t13-,16-,17+/m1/s1. The van der Waals surface area contributed by atoms with Crippen molar-refractivity contribution in [1.82, 2.24) is 5.32 Å². The Kier molecular flexibility index (Phi) is 4.09. The van der Waals surface area contributed by atoms with Crippen LogP contribution in [0.5, 0.6) is 11.5 Å². The van der Waals surface area contributed by atoms with Gasteiger partial charge in [0.1, 0.15) is 0 Å². The molecule has 0 aromatic heterocycles. The van der Waals surface area contributed by atoms with Gasteiger partial charge in [0, 0.05) is 12.0 Å². The molecule has 1 aliphatic heterocycles. The Morgan fingerprint density at radius 2 is 1.95 bits per heavy atom. The van der Waals surface area contributed by atoms with Crippen LogP contribution in [-0.2, 0) is 0 Å². The van der Waals surface area contributed by atoms with E-state index in [2.05, 4.69) is 11.4 Å². The molecule has 1 saturated carbocycles. The number of methoxy groups -OCH3 is 2. The minimum atomic E-state index is -0.499. The molecule has 3 atom stereocenters. The first-order valence-corrected chi connectivity index (χ1v) is 7.85. The van der Waals surface area contributed by atoms with Gasteiger partial charge in [-0.25, -0.2) is 0 Å². The van der Waals surface area contributed by atoms with Crippen molar-refractivity contribution in [2.24, 2.45) is 5.92 Å². The fraction of sp³-hybridized carbons (Fsp3) is 0.647. The Labute approximate surface area is 126 Å². The maximum absolute atomic E-state index is 11.0. The summed E-state index contributed by atoms with van der Waals surface area (Å²) in [6.45, 7) is 0.867. The second kappa shape index (κ2) is 5.85. The van der Waals surface area contributed by atoms with E-state index in [1.165, 1.54) is 12.0 Å². The van der Waals surface area contributed by atoms with E-state index in [4.69, 9.17) is 9.47 Å². The molecule has 0 amide bonds. The largest absolute Gasteiger partial charge is 0.493 e. The van der Waals surface area contributed by atoms with E-state index in [0.29, 0.717) is 0 Å². The van der Waals surface area contributed by atoms with Crippen molar-refractivity contribution in [2.75, 3.05) is 20.8 Å². The zero-order valence-electron chi connectivity index (χ0n) is 12.9. The first kappa shape index (κ1) is 14.7. The Morgan fingerprint density at radius 1 is 1.14 bits per heavy atom. The summed E-state index contributed by atoms with van der Waals surface area (Å²) in [5, 5.41) is 14.5. The van der Waals surface area contributed by atoms with Gasteiger partial charge < -0.3 is 19.9 Å². The number of hydrogen-bond donors (Lipinski definition) is 2. The summed E-state index contributed by atoms with van der Waals surface area (Å²) in [5.41, 5.74) is 0.680. The Bertz CT molecular complexity index is 501. The molecule has 1 heterocycles. The first-order valence-electron chi connectivity index (χ1n) is 7.85. The van der Waals surface area contributed by atoms with Gasteiger partial charge in [-0.2, -0.15) is 0 Å². The lowest BCUT2D eigenvalue weighted by atomic mass is 9.67. The Morgan fingerprint density at radius 3 is 2.71 bits per heavy atom. The molecule has 3 rings (SSSR count). The molecule has 1 aromatic rings. The number of benzene rings is 1. The summed E-state index contributed by atoms with van der Waals surface area (Å²) in [7, 11) is 3.31. The van der Waals surface area contributed by atoms with Crippen molar-refractivity contribution >= 4 is 0 Å². The van der Waals surface area contributed by atoms with Gasteiger partial charge in [0.15, 0.2) is 11.5 Å². The summed E-state index contributed by atoms with van der Waals surface area (Å²) in [5.74, 6) is 1.79. The number of piperidine rings is 1. The number of nitrogens with one attached hydrogen (secondary N) is 1. The van der Waals surface area contributed by atoms with Gasteiger partial charge in [0.2, 0.25) is 0 Å². The van der Waals surface area contributed by atoms with E-state index in [-0.39, 0.29) is 12.0 Å². The SMILES string of the molecule is COc1ccc([C@H]2NCC[C@@]3(O)CCCC[C@H]23)cc1OC. The van der Waals surface area contributed by atoms with E-state index < -0.39 is 5.60 Å². The van der Waals surface area contributed by atoms with Crippen LogP contribution in [0.25, 0.3) is 0 Å². The zero-order valence-corrected chi connectivity index (χ0v) is 12.9. The number of fused-ring (bicyclic) bond motifs is 1. The summed E-state index contributed by atoms with van der Waals surface area (Å²) in [6, 6.07) is 6.27. The monoisotopic (exact) mass is 291 g/mol. The summed E-state index contributed by atoms with van der Waals surface area (Å²) in [4.78, 5) is 0. The second-order valence-electron chi connectivity index (χ2n) is 6.25. The highest BCUT2D eigenvalue weighted by Gasteiger charge is 2.45. The van der Waals surface area contributed by atoms with Crippen molar-refractivity contribution in [3.8, 4) is 11.5 Å². The minimum Gasteiger partial charge on any atom is -0.493 e. The topological polar surface area (TPSA) is 50.7 Å². The van der Waals surface area contributed by atoms with E-state index in [1.54, 1.807) is 14.2 Å². The van der Waals surface area contributed by atoms with Gasteiger partial charge in [-0.1, -0.05) is 18.9 Å². The van der Waals surface area contributed by atoms with Gasteiger partial charge in [-0.3, -0.25) is 0 Å². The van der Waals surface area contributed by atoms with Crippen LogP contribution in [-0.4, -0.2) is 31.5 Å². The third-order valence-corrected chi connectivity index (χ3v) is 5.16. The number of rotatable bonds is 3. The Balaban J connectivity index is 1.91. The molecule has 1 aliphatic carbocycles. The first-order chi connectivity index (χ1) is 10.2. The molecule has 0 spiro atoms. The number of hydrogen-bond acceptors (Lipinski definition) is 4. The smallest absolute Gasteiger partial charge is 0.161 e. The lowest BCUT2D eigenvalue weighted by Gasteiger charge is -2.48. The van der Waals surface area contributed by atoms with Crippen molar-refractivity contribution in [1.29, 1.82) is 0 Å². The third kappa shape index (κ3) is 2.62. The number of ether oxygens (including phenoxy) is 2. The van der Waals surface area contributed by atoms with E-state index in [9.17, 15) is 5.11 Å². The average Bonchev–Trinajstić information content (AvgIpc) is 2.53. The van der Waals surface area contributed by atoms with Crippen molar-refractivity contribution in [3.63, 3.8) is 0 Å². The molecule has 4 nitrogen and oxygen atoms in total. The van der Waals surface area contributed by atoms with Crippen molar-refractivity contribution in [3.05, 3.63) is 23.8 Å². The van der Waals surface area contributed by atoms with Crippen molar-refractivity contribution < 1.29 is 14.6 Å². The highest BCUT2D eigenvalue weighted by atomic mass is 16.5. The quantitative estimate of drug-likeness (QED) is 0.899. The van der Waals surface area contributed by atoms with Crippen LogP contribution < -0.4 is 14.8 Å². The van der Waals surface area contributed by atoms with Crippen LogP contribution in [0, 0.1) is 5.92 Å². The van der Waals surface area contributed by atoms with Crippen LogP contribution in [0.15, 0.2) is 18.2 Å². The lowest BCUT2D eigenvalue weighted by molar-refractivity contribution is -0.0861. The molecule has 116 valence electrons. The summed E-state index contributed by atoms with van der Waals surface area (Å²) < 4.78 is 10.7. The van der Waals surface area contributed by atoms with Gasteiger partial charge in [-0.15, -0.1) is 0 Å². The van der Waals surface area contributed by atoms with Crippen molar-refractivity contribution in [2.45, 2.75) is 43.7 Å². The fourth-order valence-electron chi connectivity index (χ4n) is 4.02. The maximum atomic E-state index is 11.0. The van der Waals surface area contributed by atoms with Gasteiger partial charge >= 0.3 is 0 Å². The average molecular weight is 291 g/mol. The van der Waals surface area contributed by atoms with Crippen LogP contribution >= 0.6 is 0 Å². The molecule has 0 unspecified atom stereocenters. The molecular weight excluding hydrogens is 266 g/mol. The van der Waals surface area contributed by atoms with Gasteiger partial charge in [-0.05, 0) is 43.5 Å². The van der Waals surface area contributed by atoms with Crippen LogP contribution in [0.2, 0.25) is 0 Å². The maximum Gasteiger partial charge on any atom is 0.161 e. The van der Waals surface area contributed by atoms with Gasteiger partial charge in [0.25, 0.3) is 0 Å². The highest BCUT2D eigenvalue weighted by molar-refractivity contribution is 5.44. The highest BCUT2D eigenvalue weighted by Crippen LogP contribution is 2.46. The molecule has 0 bridgehead atoms. The van der Waals surface area contributed by atoms with Crippen LogP contribution in [0.1, 0.15) is 43.7 Å². The molecule has 21 heavy (non-hydrogen) atoms. The lowest BCUT2D eigenvalue weighted by Crippen LogP contribution is -2.53. The summed E-state index contributed by atoms with van der Waals surface area (Å²) >= 11 is 0. The molecule has 2 aliphatic rings.